The molecule has 0 aromatic rings. The van der Waals surface area contributed by atoms with Crippen LogP contribution in [0, 0.1) is 5.92 Å². The van der Waals surface area contributed by atoms with Crippen molar-refractivity contribution in [1.29, 1.82) is 0 Å². The Morgan fingerprint density at radius 3 is 2.71 bits per heavy atom. The van der Waals surface area contributed by atoms with Crippen molar-refractivity contribution in [2.45, 2.75) is 33.6 Å². The monoisotopic (exact) mass is 194 g/mol. The summed E-state index contributed by atoms with van der Waals surface area (Å²) in [6.45, 7) is 6.32. The fourth-order valence-electron chi connectivity index (χ4n) is 2.01. The van der Waals surface area contributed by atoms with Gasteiger partial charge in [0.25, 0.3) is 0 Å². The van der Waals surface area contributed by atoms with Crippen LogP contribution in [-0.2, 0) is 9.53 Å². The number of ether oxygens (including phenoxy) is 1. The Bertz CT molecular complexity index is 274. The lowest BCUT2D eigenvalue weighted by atomic mass is 10.0. The van der Waals surface area contributed by atoms with Crippen LogP contribution in [0.4, 0.5) is 0 Å². The largest absolute Gasteiger partial charge is 0.466 e. The quantitative estimate of drug-likeness (QED) is 0.632. The van der Waals surface area contributed by atoms with Crippen LogP contribution in [0.5, 0.6) is 0 Å². The predicted octanol–water partition coefficient (Wildman–Crippen LogP) is 2.85. The van der Waals surface area contributed by atoms with Crippen LogP contribution in [0.15, 0.2) is 23.3 Å². The highest BCUT2D eigenvalue weighted by atomic mass is 16.5. The van der Waals surface area contributed by atoms with Crippen molar-refractivity contribution < 1.29 is 9.53 Å². The highest BCUT2D eigenvalue weighted by Crippen LogP contribution is 2.36. The molecule has 1 atom stereocenters. The highest BCUT2D eigenvalue weighted by molar-refractivity contribution is 5.78. The fraction of sp³-hybridized carbons (Fsp3) is 0.583. The summed E-state index contributed by atoms with van der Waals surface area (Å²) in [5.74, 6) is -0.0939. The van der Waals surface area contributed by atoms with E-state index in [4.69, 9.17) is 4.74 Å². The zero-order valence-corrected chi connectivity index (χ0v) is 9.17. The molecule has 0 N–H and O–H groups in total. The molecule has 1 fully saturated rings. The average molecular weight is 194 g/mol. The van der Waals surface area contributed by atoms with Gasteiger partial charge in [0.15, 0.2) is 0 Å². The standard InChI is InChI=1S/C12H18O2/c1-4-9-7-8-11(10(9)5-2)12(13)14-6-3/h4-5,11H,6-8H2,1-3H3/b9-4+,10-5+. The molecule has 14 heavy (non-hydrogen) atoms. The maximum absolute atomic E-state index is 11.6. The van der Waals surface area contributed by atoms with E-state index in [1.54, 1.807) is 0 Å². The van der Waals surface area contributed by atoms with E-state index in [0.717, 1.165) is 18.4 Å². The first-order valence-electron chi connectivity index (χ1n) is 5.23. The van der Waals surface area contributed by atoms with Crippen molar-refractivity contribution in [3.63, 3.8) is 0 Å². The Hall–Kier alpha value is -1.05. The van der Waals surface area contributed by atoms with E-state index in [-0.39, 0.29) is 11.9 Å². The molecule has 2 heteroatoms. The predicted molar refractivity (Wildman–Crippen MR) is 56.9 cm³/mol. The molecule has 0 amide bonds. The fourth-order valence-corrected chi connectivity index (χ4v) is 2.01. The number of esters is 1. The summed E-state index contributed by atoms with van der Waals surface area (Å²) in [5, 5.41) is 0. The average Bonchev–Trinajstić information content (AvgIpc) is 2.60. The van der Waals surface area contributed by atoms with Crippen LogP contribution in [0.2, 0.25) is 0 Å². The zero-order chi connectivity index (χ0) is 10.6. The molecule has 1 unspecified atom stereocenters. The molecule has 0 saturated heterocycles. The van der Waals surface area contributed by atoms with Crippen LogP contribution < -0.4 is 0 Å². The van der Waals surface area contributed by atoms with Gasteiger partial charge in [0, 0.05) is 0 Å². The maximum atomic E-state index is 11.6. The van der Waals surface area contributed by atoms with Crippen molar-refractivity contribution in [3.05, 3.63) is 23.3 Å². The molecule has 0 bridgehead atoms. The van der Waals surface area contributed by atoms with E-state index in [1.807, 2.05) is 26.8 Å². The number of carbonyl (C=O) groups excluding carboxylic acids is 1. The third kappa shape index (κ3) is 2.06. The maximum Gasteiger partial charge on any atom is 0.313 e. The molecule has 0 radical (unpaired) electrons. The minimum atomic E-state index is -0.0718. The van der Waals surface area contributed by atoms with Crippen molar-refractivity contribution >= 4 is 5.97 Å². The molecule has 0 heterocycles. The summed E-state index contributed by atoms with van der Waals surface area (Å²) in [4.78, 5) is 11.6. The Kier molecular flexibility index (Phi) is 3.93. The Balaban J connectivity index is 2.78. The minimum absolute atomic E-state index is 0.0221. The van der Waals surface area contributed by atoms with Crippen LogP contribution >= 0.6 is 0 Å². The normalized spacial score (nSPS) is 27.2. The second kappa shape index (κ2) is 4.99. The van der Waals surface area contributed by atoms with Crippen LogP contribution in [-0.4, -0.2) is 12.6 Å². The van der Waals surface area contributed by atoms with Gasteiger partial charge in [0.1, 0.15) is 0 Å². The number of hydrogen-bond donors (Lipinski definition) is 0. The van der Waals surface area contributed by atoms with E-state index in [0.29, 0.717) is 6.61 Å². The summed E-state index contributed by atoms with van der Waals surface area (Å²) in [5.41, 5.74) is 2.46. The highest BCUT2D eigenvalue weighted by Gasteiger charge is 2.31. The lowest BCUT2D eigenvalue weighted by molar-refractivity contribution is -0.146. The third-order valence-corrected chi connectivity index (χ3v) is 2.68. The molecular weight excluding hydrogens is 176 g/mol. The van der Waals surface area contributed by atoms with Gasteiger partial charge in [-0.15, -0.1) is 0 Å². The molecule has 78 valence electrons. The van der Waals surface area contributed by atoms with Crippen LogP contribution in [0.1, 0.15) is 33.6 Å². The summed E-state index contributed by atoms with van der Waals surface area (Å²) in [6, 6.07) is 0. The third-order valence-electron chi connectivity index (χ3n) is 2.68. The number of allylic oxidation sites excluding steroid dienone is 3. The Morgan fingerprint density at radius 2 is 2.21 bits per heavy atom. The van der Waals surface area contributed by atoms with Gasteiger partial charge < -0.3 is 4.74 Å². The number of hydrogen-bond acceptors (Lipinski definition) is 2. The second-order valence-corrected chi connectivity index (χ2v) is 3.40. The van der Waals surface area contributed by atoms with Crippen molar-refractivity contribution in [2.24, 2.45) is 5.92 Å². The smallest absolute Gasteiger partial charge is 0.313 e. The van der Waals surface area contributed by atoms with Crippen molar-refractivity contribution in [1.82, 2.24) is 0 Å². The van der Waals surface area contributed by atoms with E-state index < -0.39 is 0 Å². The molecule has 1 aliphatic carbocycles. The summed E-state index contributed by atoms with van der Waals surface area (Å²) < 4.78 is 5.04. The van der Waals surface area contributed by atoms with Gasteiger partial charge in [-0.05, 0) is 44.8 Å². The molecule has 0 aliphatic heterocycles. The lowest BCUT2D eigenvalue weighted by Crippen LogP contribution is -2.16. The summed E-state index contributed by atoms with van der Waals surface area (Å²) >= 11 is 0. The lowest BCUT2D eigenvalue weighted by Gasteiger charge is -2.10. The minimum Gasteiger partial charge on any atom is -0.466 e. The van der Waals surface area contributed by atoms with Gasteiger partial charge >= 0.3 is 5.97 Å². The molecule has 1 rings (SSSR count). The molecule has 1 aliphatic rings. The van der Waals surface area contributed by atoms with Gasteiger partial charge in [-0.1, -0.05) is 12.2 Å². The van der Waals surface area contributed by atoms with Crippen LogP contribution in [0.3, 0.4) is 0 Å². The molecular formula is C12H18O2. The zero-order valence-electron chi connectivity index (χ0n) is 9.17. The van der Waals surface area contributed by atoms with Gasteiger partial charge in [-0.3, -0.25) is 4.79 Å². The topological polar surface area (TPSA) is 26.3 Å². The first-order chi connectivity index (χ1) is 6.74. The molecule has 1 saturated carbocycles. The van der Waals surface area contributed by atoms with E-state index in [1.165, 1.54) is 5.57 Å². The number of carbonyl (C=O) groups is 1. The first kappa shape index (κ1) is 11.0. The molecule has 0 aromatic carbocycles. The second-order valence-electron chi connectivity index (χ2n) is 3.40. The molecule has 2 nitrogen and oxygen atoms in total. The molecule has 0 aromatic heterocycles. The van der Waals surface area contributed by atoms with E-state index >= 15 is 0 Å². The van der Waals surface area contributed by atoms with E-state index in [9.17, 15) is 4.79 Å². The summed E-state index contributed by atoms with van der Waals surface area (Å²) in [6.07, 6.45) is 6.02. The van der Waals surface area contributed by atoms with Gasteiger partial charge in [0.05, 0.1) is 12.5 Å². The summed E-state index contributed by atoms with van der Waals surface area (Å²) in [7, 11) is 0. The van der Waals surface area contributed by atoms with Crippen LogP contribution in [0.25, 0.3) is 0 Å². The van der Waals surface area contributed by atoms with Crippen molar-refractivity contribution in [2.75, 3.05) is 6.61 Å². The Morgan fingerprint density at radius 1 is 1.50 bits per heavy atom. The van der Waals surface area contributed by atoms with Gasteiger partial charge in [-0.2, -0.15) is 0 Å². The van der Waals surface area contributed by atoms with Crippen molar-refractivity contribution in [3.8, 4) is 0 Å². The SMILES string of the molecule is C/C=C1\C(=C\C)CCC1C(=O)OCC. The molecule has 0 spiro atoms. The van der Waals surface area contributed by atoms with Gasteiger partial charge in [0.2, 0.25) is 0 Å². The Labute approximate surface area is 85.6 Å². The first-order valence-corrected chi connectivity index (χ1v) is 5.23. The number of rotatable bonds is 2. The van der Waals surface area contributed by atoms with E-state index in [2.05, 4.69) is 6.08 Å². The van der Waals surface area contributed by atoms with Gasteiger partial charge in [-0.25, -0.2) is 0 Å².